The van der Waals surface area contributed by atoms with Gasteiger partial charge in [-0.25, -0.2) is 0 Å². The molecule has 0 aliphatic carbocycles. The molecule has 0 spiro atoms. The van der Waals surface area contributed by atoms with Gasteiger partial charge in [0.2, 0.25) is 5.91 Å². The highest BCUT2D eigenvalue weighted by Crippen LogP contribution is 2.17. The maximum atomic E-state index is 11.9. The number of carbonyl (C=O) groups is 1. The zero-order chi connectivity index (χ0) is 14.5. The minimum Gasteiger partial charge on any atom is -0.353 e. The van der Waals surface area contributed by atoms with Crippen molar-refractivity contribution in [1.82, 2.24) is 10.6 Å². The molecule has 0 radical (unpaired) electrons. The molecule has 1 heterocycles. The lowest BCUT2D eigenvalue weighted by Gasteiger charge is -2.16. The van der Waals surface area contributed by atoms with Crippen LogP contribution in [0.2, 0.25) is 0 Å². The second-order valence-electron chi connectivity index (χ2n) is 5.82. The summed E-state index contributed by atoms with van der Waals surface area (Å²) in [5.74, 6) is 0.588. The Morgan fingerprint density at radius 2 is 2.00 bits per heavy atom. The van der Waals surface area contributed by atoms with E-state index in [1.807, 2.05) is 0 Å². The van der Waals surface area contributed by atoms with E-state index in [4.69, 9.17) is 5.73 Å². The van der Waals surface area contributed by atoms with Crippen molar-refractivity contribution in [3.8, 4) is 0 Å². The summed E-state index contributed by atoms with van der Waals surface area (Å²) in [4.78, 5) is 11.9. The van der Waals surface area contributed by atoms with Crippen LogP contribution >= 0.6 is 0 Å². The van der Waals surface area contributed by atoms with E-state index in [1.54, 1.807) is 0 Å². The fourth-order valence-electron chi connectivity index (χ4n) is 2.49. The Morgan fingerprint density at radius 3 is 2.55 bits per heavy atom. The molecular weight excluding hydrogens is 250 g/mol. The first-order valence-corrected chi connectivity index (χ1v) is 7.44. The normalized spacial score (nSPS) is 20.1. The fourth-order valence-corrected chi connectivity index (χ4v) is 2.49. The smallest absolute Gasteiger partial charge is 0.237 e. The Labute approximate surface area is 121 Å². The predicted molar refractivity (Wildman–Crippen MR) is 81.5 cm³/mol. The fraction of sp³-hybridized carbons (Fsp3) is 0.562. The van der Waals surface area contributed by atoms with E-state index in [-0.39, 0.29) is 18.0 Å². The highest BCUT2D eigenvalue weighted by Gasteiger charge is 2.22. The Balaban J connectivity index is 1.84. The van der Waals surface area contributed by atoms with Crippen LogP contribution in [-0.2, 0) is 4.79 Å². The molecule has 1 amide bonds. The van der Waals surface area contributed by atoms with E-state index in [0.717, 1.165) is 24.9 Å². The summed E-state index contributed by atoms with van der Waals surface area (Å²) < 4.78 is 0. The molecule has 0 saturated carbocycles. The van der Waals surface area contributed by atoms with Crippen LogP contribution < -0.4 is 16.4 Å². The molecule has 2 rings (SSSR count). The third kappa shape index (κ3) is 3.81. The van der Waals surface area contributed by atoms with Gasteiger partial charge in [0.15, 0.2) is 0 Å². The Bertz CT molecular complexity index is 436. The Kier molecular flexibility index (Phi) is 5.15. The first kappa shape index (κ1) is 15.0. The first-order valence-electron chi connectivity index (χ1n) is 7.44. The van der Waals surface area contributed by atoms with E-state index in [9.17, 15) is 4.79 Å². The second-order valence-corrected chi connectivity index (χ2v) is 5.82. The van der Waals surface area contributed by atoms with Crippen LogP contribution in [0.15, 0.2) is 24.3 Å². The third-order valence-electron chi connectivity index (χ3n) is 3.90. The topological polar surface area (TPSA) is 67.1 Å². The molecule has 20 heavy (non-hydrogen) atoms. The number of carbonyl (C=O) groups excluding carboxylic acids is 1. The number of hydrogen-bond donors (Lipinski definition) is 3. The van der Waals surface area contributed by atoms with Crippen LogP contribution in [-0.4, -0.2) is 25.0 Å². The number of rotatable bonds is 5. The van der Waals surface area contributed by atoms with Crippen molar-refractivity contribution in [2.45, 2.75) is 44.7 Å². The largest absolute Gasteiger partial charge is 0.353 e. The van der Waals surface area contributed by atoms with E-state index in [0.29, 0.717) is 12.5 Å². The van der Waals surface area contributed by atoms with Gasteiger partial charge in [0.05, 0.1) is 6.04 Å². The van der Waals surface area contributed by atoms with Crippen molar-refractivity contribution in [3.05, 3.63) is 35.4 Å². The number of hydrogen-bond acceptors (Lipinski definition) is 3. The van der Waals surface area contributed by atoms with Crippen LogP contribution in [0.3, 0.4) is 0 Å². The van der Waals surface area contributed by atoms with Gasteiger partial charge in [-0.05, 0) is 36.4 Å². The van der Waals surface area contributed by atoms with Gasteiger partial charge in [0.1, 0.15) is 0 Å². The van der Waals surface area contributed by atoms with Gasteiger partial charge < -0.3 is 16.4 Å². The van der Waals surface area contributed by atoms with Crippen LogP contribution in [0.4, 0.5) is 0 Å². The van der Waals surface area contributed by atoms with Crippen molar-refractivity contribution >= 4 is 5.91 Å². The molecule has 2 unspecified atom stereocenters. The summed E-state index contributed by atoms with van der Waals surface area (Å²) in [7, 11) is 0. The number of nitrogens with two attached hydrogens (primary N) is 1. The summed E-state index contributed by atoms with van der Waals surface area (Å²) in [6.45, 7) is 5.76. The second kappa shape index (κ2) is 6.86. The summed E-state index contributed by atoms with van der Waals surface area (Å²) >= 11 is 0. The quantitative estimate of drug-likeness (QED) is 0.766. The molecule has 1 aliphatic heterocycles. The van der Waals surface area contributed by atoms with Crippen LogP contribution in [0.5, 0.6) is 0 Å². The van der Waals surface area contributed by atoms with Crippen molar-refractivity contribution in [1.29, 1.82) is 0 Å². The van der Waals surface area contributed by atoms with Crippen molar-refractivity contribution < 1.29 is 4.79 Å². The van der Waals surface area contributed by atoms with Gasteiger partial charge >= 0.3 is 0 Å². The highest BCUT2D eigenvalue weighted by molar-refractivity contribution is 5.82. The molecular formula is C16H25N3O. The van der Waals surface area contributed by atoms with Crippen LogP contribution in [0.1, 0.15) is 49.8 Å². The van der Waals surface area contributed by atoms with Gasteiger partial charge in [-0.2, -0.15) is 0 Å². The lowest BCUT2D eigenvalue weighted by molar-refractivity contribution is -0.122. The number of amides is 1. The molecule has 2 atom stereocenters. The molecule has 1 fully saturated rings. The zero-order valence-corrected chi connectivity index (χ0v) is 12.4. The molecule has 1 aliphatic rings. The molecule has 110 valence electrons. The zero-order valence-electron chi connectivity index (χ0n) is 12.4. The lowest BCUT2D eigenvalue weighted by atomic mass is 9.99. The molecule has 4 heteroatoms. The average molecular weight is 275 g/mol. The summed E-state index contributed by atoms with van der Waals surface area (Å²) in [5, 5.41) is 6.12. The molecule has 4 nitrogen and oxygen atoms in total. The molecule has 4 N–H and O–H groups in total. The van der Waals surface area contributed by atoms with Gasteiger partial charge in [-0.3, -0.25) is 4.79 Å². The minimum absolute atomic E-state index is 0.0366. The van der Waals surface area contributed by atoms with Gasteiger partial charge in [0, 0.05) is 12.6 Å². The highest BCUT2D eigenvalue weighted by atomic mass is 16.2. The van der Waals surface area contributed by atoms with Crippen LogP contribution in [0, 0.1) is 0 Å². The van der Waals surface area contributed by atoms with Gasteiger partial charge in [0.25, 0.3) is 0 Å². The third-order valence-corrected chi connectivity index (χ3v) is 3.90. The monoisotopic (exact) mass is 275 g/mol. The Morgan fingerprint density at radius 1 is 1.35 bits per heavy atom. The standard InChI is InChI=1S/C16H25N3O/c1-11(2)12-5-7-13(8-6-12)14(17)10-19-16(20)15-4-3-9-18-15/h5-8,11,14-15,18H,3-4,9-10,17H2,1-2H3,(H,19,20). The van der Waals surface area contributed by atoms with Gasteiger partial charge in [-0.15, -0.1) is 0 Å². The summed E-state index contributed by atoms with van der Waals surface area (Å²) in [5.41, 5.74) is 8.50. The van der Waals surface area contributed by atoms with E-state index in [1.165, 1.54) is 5.56 Å². The summed E-state index contributed by atoms with van der Waals surface area (Å²) in [6, 6.07) is 8.15. The molecule has 1 aromatic carbocycles. The number of nitrogens with one attached hydrogen (secondary N) is 2. The summed E-state index contributed by atoms with van der Waals surface area (Å²) in [6.07, 6.45) is 1.99. The van der Waals surface area contributed by atoms with E-state index < -0.39 is 0 Å². The first-order chi connectivity index (χ1) is 9.58. The minimum atomic E-state index is -0.151. The molecule has 0 aromatic heterocycles. The van der Waals surface area contributed by atoms with E-state index >= 15 is 0 Å². The predicted octanol–water partition coefficient (Wildman–Crippen LogP) is 1.68. The molecule has 0 bridgehead atoms. The Hall–Kier alpha value is -1.39. The lowest BCUT2D eigenvalue weighted by Crippen LogP contribution is -2.42. The maximum absolute atomic E-state index is 11.9. The van der Waals surface area contributed by atoms with Gasteiger partial charge in [-0.1, -0.05) is 38.1 Å². The van der Waals surface area contributed by atoms with E-state index in [2.05, 4.69) is 48.7 Å². The molecule has 1 aromatic rings. The average Bonchev–Trinajstić information content (AvgIpc) is 2.98. The van der Waals surface area contributed by atoms with Crippen molar-refractivity contribution in [2.75, 3.05) is 13.1 Å². The molecule has 1 saturated heterocycles. The SMILES string of the molecule is CC(C)c1ccc(C(N)CNC(=O)C2CCCN2)cc1. The van der Waals surface area contributed by atoms with Crippen LogP contribution in [0.25, 0.3) is 0 Å². The van der Waals surface area contributed by atoms with Crippen molar-refractivity contribution in [3.63, 3.8) is 0 Å². The number of benzene rings is 1. The maximum Gasteiger partial charge on any atom is 0.237 e. The van der Waals surface area contributed by atoms with Crippen molar-refractivity contribution in [2.24, 2.45) is 5.73 Å².